The van der Waals surface area contributed by atoms with Gasteiger partial charge in [-0.1, -0.05) is 35.3 Å². The van der Waals surface area contributed by atoms with E-state index < -0.39 is 17.2 Å². The van der Waals surface area contributed by atoms with Crippen LogP contribution >= 0.6 is 23.2 Å². The fraction of sp³-hybridized carbons (Fsp3) is 0.200. The lowest BCUT2D eigenvalue weighted by Gasteiger charge is -2.12. The number of esters is 1. The summed E-state index contributed by atoms with van der Waals surface area (Å²) in [6, 6.07) is 9.55. The number of H-pyrrole nitrogens is 1. The van der Waals surface area contributed by atoms with Gasteiger partial charge in [0.2, 0.25) is 0 Å². The number of fused-ring (bicyclic) bond motifs is 1. The lowest BCUT2D eigenvalue weighted by Crippen LogP contribution is -2.32. The van der Waals surface area contributed by atoms with Gasteiger partial charge in [-0.2, -0.15) is 5.10 Å². The molecule has 0 bridgehead atoms. The van der Waals surface area contributed by atoms with Crippen molar-refractivity contribution in [2.75, 3.05) is 6.61 Å². The average molecular weight is 450 g/mol. The van der Waals surface area contributed by atoms with Gasteiger partial charge in [0.15, 0.2) is 12.4 Å². The molecule has 30 heavy (non-hydrogen) atoms. The van der Waals surface area contributed by atoms with Crippen LogP contribution in [0.3, 0.4) is 0 Å². The Morgan fingerprint density at radius 2 is 1.87 bits per heavy atom. The molecule has 3 aromatic rings. The number of para-hydroxylation sites is 1. The number of carbonyl (C=O) groups excluding carboxylic acids is 1. The minimum Gasteiger partial charge on any atom is -0.479 e. The third-order valence-electron chi connectivity index (χ3n) is 3.83. The van der Waals surface area contributed by atoms with Gasteiger partial charge in [-0.25, -0.2) is 9.59 Å². The Kier molecular flexibility index (Phi) is 6.59. The van der Waals surface area contributed by atoms with Gasteiger partial charge >= 0.3 is 11.7 Å². The fourth-order valence-electron chi connectivity index (χ4n) is 2.60. The molecule has 3 rings (SSSR count). The summed E-state index contributed by atoms with van der Waals surface area (Å²) in [6.45, 7) is 3.09. The highest BCUT2D eigenvalue weighted by Gasteiger charge is 2.13. The maximum absolute atomic E-state index is 12.5. The Morgan fingerprint density at radius 3 is 2.53 bits per heavy atom. The molecule has 0 saturated carbocycles. The molecular formula is C20H17Cl2N3O5. The van der Waals surface area contributed by atoms with Gasteiger partial charge in [0.05, 0.1) is 33.3 Å². The van der Waals surface area contributed by atoms with Gasteiger partial charge in [-0.15, -0.1) is 4.68 Å². The zero-order valence-corrected chi connectivity index (χ0v) is 17.5. The maximum Gasteiger partial charge on any atom is 0.349 e. The predicted molar refractivity (Wildman–Crippen MR) is 115 cm³/mol. The molecule has 0 atom stereocenters. The molecule has 1 aromatic heterocycles. The Balaban J connectivity index is 1.85. The summed E-state index contributed by atoms with van der Waals surface area (Å²) in [6.07, 6.45) is 0.993. The number of nitrogens with zero attached hydrogens (tertiary/aromatic N) is 2. The first-order valence-corrected chi connectivity index (χ1v) is 9.61. The number of aromatic nitrogens is 2. The number of nitrogens with one attached hydrogen (secondary N) is 1. The van der Waals surface area contributed by atoms with E-state index in [9.17, 15) is 14.4 Å². The minimum atomic E-state index is -0.684. The van der Waals surface area contributed by atoms with Gasteiger partial charge < -0.3 is 14.5 Å². The number of ether oxygens (including phenoxy) is 2. The number of benzene rings is 2. The Hall–Kier alpha value is -3.10. The summed E-state index contributed by atoms with van der Waals surface area (Å²) in [7, 11) is 0. The van der Waals surface area contributed by atoms with E-state index in [-0.39, 0.29) is 28.5 Å². The second-order valence-electron chi connectivity index (χ2n) is 6.48. The molecule has 0 aliphatic carbocycles. The normalized spacial score (nSPS) is 11.4. The molecule has 0 radical (unpaired) electrons. The smallest absolute Gasteiger partial charge is 0.349 e. The van der Waals surface area contributed by atoms with Crippen LogP contribution in [0.5, 0.6) is 5.75 Å². The molecule has 8 nitrogen and oxygen atoms in total. The number of rotatable bonds is 6. The standard InChI is InChI=1S/C20H17Cl2N3O5/c1-11(2)30-17(26)10-29-18-14(21)7-12(8-15(18)22)9-23-25-19(27)13-5-3-4-6-16(13)24-20(25)28/h3-9,11H,10H2,1-2H3,(H,24,28). The second-order valence-corrected chi connectivity index (χ2v) is 7.29. The van der Waals surface area contributed by atoms with Crippen LogP contribution < -0.4 is 16.0 Å². The van der Waals surface area contributed by atoms with Crippen molar-refractivity contribution in [2.45, 2.75) is 20.0 Å². The number of halogens is 2. The first-order chi connectivity index (χ1) is 14.3. The fourth-order valence-corrected chi connectivity index (χ4v) is 3.22. The number of aromatic amines is 1. The molecule has 0 unspecified atom stereocenters. The lowest BCUT2D eigenvalue weighted by molar-refractivity contribution is -0.149. The van der Waals surface area contributed by atoms with Crippen LogP contribution in [0.2, 0.25) is 10.0 Å². The van der Waals surface area contributed by atoms with Crippen molar-refractivity contribution in [1.82, 2.24) is 9.66 Å². The third kappa shape index (κ3) is 4.90. The van der Waals surface area contributed by atoms with Crippen LogP contribution in [-0.4, -0.2) is 34.6 Å². The van der Waals surface area contributed by atoms with Crippen LogP contribution in [0.1, 0.15) is 19.4 Å². The molecule has 1 N–H and O–H groups in total. The van der Waals surface area contributed by atoms with E-state index in [0.717, 1.165) is 0 Å². The molecule has 0 saturated heterocycles. The average Bonchev–Trinajstić information content (AvgIpc) is 2.66. The number of hydrogen-bond acceptors (Lipinski definition) is 6. The van der Waals surface area contributed by atoms with Crippen LogP contribution in [0.15, 0.2) is 51.1 Å². The quantitative estimate of drug-likeness (QED) is 0.459. The van der Waals surface area contributed by atoms with E-state index in [0.29, 0.717) is 21.1 Å². The Bertz CT molecular complexity index is 1220. The van der Waals surface area contributed by atoms with E-state index >= 15 is 0 Å². The Morgan fingerprint density at radius 1 is 1.20 bits per heavy atom. The number of carbonyl (C=O) groups is 1. The predicted octanol–water partition coefficient (Wildman–Crippen LogP) is 3.21. The highest BCUT2D eigenvalue weighted by atomic mass is 35.5. The van der Waals surface area contributed by atoms with Gasteiger partial charge in [0, 0.05) is 0 Å². The van der Waals surface area contributed by atoms with Crippen LogP contribution in [-0.2, 0) is 9.53 Å². The molecule has 0 aliphatic rings. The highest BCUT2D eigenvalue weighted by molar-refractivity contribution is 6.37. The van der Waals surface area contributed by atoms with Gasteiger partial charge in [0.25, 0.3) is 5.56 Å². The Labute approximate surface area is 180 Å². The molecule has 0 amide bonds. The molecule has 10 heteroatoms. The monoisotopic (exact) mass is 449 g/mol. The first kappa shape index (κ1) is 21.6. The summed E-state index contributed by atoms with van der Waals surface area (Å²) in [4.78, 5) is 38.9. The molecule has 0 fully saturated rings. The number of hydrogen-bond donors (Lipinski definition) is 1. The summed E-state index contributed by atoms with van der Waals surface area (Å²) >= 11 is 12.4. The van der Waals surface area contributed by atoms with E-state index in [2.05, 4.69) is 10.1 Å². The minimum absolute atomic E-state index is 0.108. The van der Waals surface area contributed by atoms with Crippen molar-refractivity contribution in [3.05, 3.63) is 72.8 Å². The summed E-state index contributed by atoms with van der Waals surface area (Å²) in [5.74, 6) is -0.449. The first-order valence-electron chi connectivity index (χ1n) is 8.86. The highest BCUT2D eigenvalue weighted by Crippen LogP contribution is 2.33. The van der Waals surface area contributed by atoms with Gasteiger partial charge in [0.1, 0.15) is 0 Å². The molecule has 1 heterocycles. The van der Waals surface area contributed by atoms with Gasteiger partial charge in [-0.05, 0) is 43.7 Å². The summed E-state index contributed by atoms with van der Waals surface area (Å²) in [5, 5.41) is 4.52. The molecule has 0 spiro atoms. The van der Waals surface area contributed by atoms with E-state index in [4.69, 9.17) is 32.7 Å². The lowest BCUT2D eigenvalue weighted by atomic mass is 10.2. The van der Waals surface area contributed by atoms with Crippen LogP contribution in [0.4, 0.5) is 0 Å². The zero-order chi connectivity index (χ0) is 21.8. The van der Waals surface area contributed by atoms with Crippen molar-refractivity contribution < 1.29 is 14.3 Å². The molecule has 2 aromatic carbocycles. The topological polar surface area (TPSA) is 103 Å². The zero-order valence-electron chi connectivity index (χ0n) is 16.0. The van der Waals surface area contributed by atoms with Crippen molar-refractivity contribution in [1.29, 1.82) is 0 Å². The SMILES string of the molecule is CC(C)OC(=O)COc1c(Cl)cc(C=Nn2c(=O)[nH]c3ccccc3c2=O)cc1Cl. The maximum atomic E-state index is 12.5. The van der Waals surface area contributed by atoms with Crippen molar-refractivity contribution in [3.63, 3.8) is 0 Å². The third-order valence-corrected chi connectivity index (χ3v) is 4.39. The van der Waals surface area contributed by atoms with Crippen molar-refractivity contribution in [2.24, 2.45) is 5.10 Å². The van der Waals surface area contributed by atoms with Crippen molar-refractivity contribution >= 4 is 46.3 Å². The van der Waals surface area contributed by atoms with E-state index in [1.807, 2.05) is 0 Å². The van der Waals surface area contributed by atoms with Gasteiger partial charge in [-0.3, -0.25) is 4.79 Å². The largest absolute Gasteiger partial charge is 0.479 e. The molecule has 0 aliphatic heterocycles. The van der Waals surface area contributed by atoms with E-state index in [1.54, 1.807) is 38.1 Å². The van der Waals surface area contributed by atoms with Crippen LogP contribution in [0, 0.1) is 0 Å². The van der Waals surface area contributed by atoms with Crippen LogP contribution in [0.25, 0.3) is 10.9 Å². The van der Waals surface area contributed by atoms with E-state index in [1.165, 1.54) is 18.3 Å². The van der Waals surface area contributed by atoms with Crippen molar-refractivity contribution in [3.8, 4) is 5.75 Å². The summed E-state index contributed by atoms with van der Waals surface area (Å²) < 4.78 is 11.0. The molecular weight excluding hydrogens is 433 g/mol. The second kappa shape index (κ2) is 9.15. The summed E-state index contributed by atoms with van der Waals surface area (Å²) in [5.41, 5.74) is -0.411. The molecule has 156 valence electrons.